The molecule has 3 N–H and O–H groups in total. The number of nitrogens with two attached hydrogens (primary N) is 1. The standard InChI is InChI=1S/C14H20N4OS/c1-9-7-11-12(16-14(15)17-13(11)20-9)18-6-4-2-3-5-10(18)8-19/h7,10,19H,2-6,8H2,1H3,(H2,15,16,17). The van der Waals surface area contributed by atoms with Crippen LogP contribution in [0.25, 0.3) is 10.2 Å². The molecule has 0 amide bonds. The molecule has 2 aromatic heterocycles. The van der Waals surface area contributed by atoms with Crippen molar-refractivity contribution in [3.05, 3.63) is 10.9 Å². The first kappa shape index (κ1) is 13.6. The molecule has 0 radical (unpaired) electrons. The van der Waals surface area contributed by atoms with E-state index in [1.165, 1.54) is 11.3 Å². The number of aliphatic hydroxyl groups excluding tert-OH is 1. The average Bonchev–Trinajstić information content (AvgIpc) is 2.65. The fourth-order valence-electron chi connectivity index (χ4n) is 2.91. The summed E-state index contributed by atoms with van der Waals surface area (Å²) in [5.74, 6) is 1.20. The van der Waals surface area contributed by atoms with Gasteiger partial charge in [0.05, 0.1) is 18.0 Å². The van der Waals surface area contributed by atoms with E-state index in [0.29, 0.717) is 5.95 Å². The summed E-state index contributed by atoms with van der Waals surface area (Å²) in [6, 6.07) is 2.25. The van der Waals surface area contributed by atoms with Crippen molar-refractivity contribution in [2.24, 2.45) is 0 Å². The fourth-order valence-corrected chi connectivity index (χ4v) is 3.79. The minimum absolute atomic E-state index is 0.134. The lowest BCUT2D eigenvalue weighted by Crippen LogP contribution is -2.38. The summed E-state index contributed by atoms with van der Waals surface area (Å²) in [5, 5.41) is 10.7. The number of aryl methyl sites for hydroxylation is 1. The van der Waals surface area contributed by atoms with Crippen LogP contribution in [0, 0.1) is 6.92 Å². The van der Waals surface area contributed by atoms with Crippen molar-refractivity contribution in [3.8, 4) is 0 Å². The first-order chi connectivity index (χ1) is 9.69. The molecule has 5 nitrogen and oxygen atoms in total. The zero-order valence-corrected chi connectivity index (χ0v) is 12.5. The molecule has 0 aliphatic carbocycles. The maximum absolute atomic E-state index is 9.68. The second-order valence-corrected chi connectivity index (χ2v) is 6.60. The Morgan fingerprint density at radius 3 is 3.05 bits per heavy atom. The lowest BCUT2D eigenvalue weighted by atomic mass is 10.1. The summed E-state index contributed by atoms with van der Waals surface area (Å²) in [5.41, 5.74) is 5.86. The summed E-state index contributed by atoms with van der Waals surface area (Å²) in [7, 11) is 0. The van der Waals surface area contributed by atoms with Crippen molar-refractivity contribution in [2.75, 3.05) is 23.8 Å². The van der Waals surface area contributed by atoms with Crippen molar-refractivity contribution in [1.82, 2.24) is 9.97 Å². The van der Waals surface area contributed by atoms with Gasteiger partial charge in [0.15, 0.2) is 0 Å². The normalized spacial score (nSPS) is 20.3. The highest BCUT2D eigenvalue weighted by atomic mass is 32.1. The summed E-state index contributed by atoms with van der Waals surface area (Å²) in [4.78, 5) is 13.2. The number of hydrogen-bond donors (Lipinski definition) is 2. The lowest BCUT2D eigenvalue weighted by molar-refractivity contribution is 0.255. The highest BCUT2D eigenvalue weighted by molar-refractivity contribution is 7.18. The monoisotopic (exact) mass is 292 g/mol. The van der Waals surface area contributed by atoms with E-state index in [9.17, 15) is 5.11 Å². The van der Waals surface area contributed by atoms with Gasteiger partial charge < -0.3 is 15.7 Å². The van der Waals surface area contributed by atoms with Gasteiger partial charge in [-0.1, -0.05) is 12.8 Å². The van der Waals surface area contributed by atoms with Crippen molar-refractivity contribution in [3.63, 3.8) is 0 Å². The number of nitrogen functional groups attached to an aromatic ring is 1. The Morgan fingerprint density at radius 1 is 1.40 bits per heavy atom. The molecule has 3 heterocycles. The molecule has 108 valence electrons. The molecule has 0 bridgehead atoms. The van der Waals surface area contributed by atoms with Crippen LogP contribution in [0.5, 0.6) is 0 Å². The molecular weight excluding hydrogens is 272 g/mol. The van der Waals surface area contributed by atoms with Gasteiger partial charge in [-0.3, -0.25) is 0 Å². The highest BCUT2D eigenvalue weighted by Gasteiger charge is 2.24. The Hall–Kier alpha value is -1.40. The third-order valence-electron chi connectivity index (χ3n) is 3.87. The van der Waals surface area contributed by atoms with E-state index in [-0.39, 0.29) is 12.6 Å². The van der Waals surface area contributed by atoms with Gasteiger partial charge in [0.25, 0.3) is 0 Å². The van der Waals surface area contributed by atoms with Gasteiger partial charge in [-0.2, -0.15) is 4.98 Å². The second kappa shape index (κ2) is 5.54. The molecule has 20 heavy (non-hydrogen) atoms. The molecule has 0 saturated carbocycles. The van der Waals surface area contributed by atoms with Crippen LogP contribution >= 0.6 is 11.3 Å². The summed E-state index contributed by atoms with van der Waals surface area (Å²) >= 11 is 1.64. The molecule has 1 aliphatic rings. The molecular formula is C14H20N4OS. The van der Waals surface area contributed by atoms with Crippen molar-refractivity contribution in [1.29, 1.82) is 0 Å². The van der Waals surface area contributed by atoms with E-state index in [0.717, 1.165) is 41.8 Å². The van der Waals surface area contributed by atoms with E-state index in [1.54, 1.807) is 11.3 Å². The third-order valence-corrected chi connectivity index (χ3v) is 4.82. The Morgan fingerprint density at radius 2 is 2.25 bits per heavy atom. The number of rotatable bonds is 2. The summed E-state index contributed by atoms with van der Waals surface area (Å²) < 4.78 is 0. The maximum Gasteiger partial charge on any atom is 0.223 e. The second-order valence-electron chi connectivity index (χ2n) is 5.36. The van der Waals surface area contributed by atoms with Crippen LogP contribution in [-0.4, -0.2) is 34.3 Å². The van der Waals surface area contributed by atoms with Crippen LogP contribution < -0.4 is 10.6 Å². The maximum atomic E-state index is 9.68. The van der Waals surface area contributed by atoms with Gasteiger partial charge in [0.2, 0.25) is 5.95 Å². The molecule has 1 fully saturated rings. The van der Waals surface area contributed by atoms with Crippen LogP contribution in [0.2, 0.25) is 0 Å². The molecule has 6 heteroatoms. The molecule has 0 spiro atoms. The first-order valence-corrected chi connectivity index (χ1v) is 7.92. The fraction of sp³-hybridized carbons (Fsp3) is 0.571. The van der Waals surface area contributed by atoms with Gasteiger partial charge in [-0.05, 0) is 25.8 Å². The van der Waals surface area contributed by atoms with Crippen molar-refractivity contribution >= 4 is 33.3 Å². The van der Waals surface area contributed by atoms with E-state index in [4.69, 9.17) is 5.73 Å². The molecule has 1 saturated heterocycles. The van der Waals surface area contributed by atoms with Crippen molar-refractivity contribution < 1.29 is 5.11 Å². The number of nitrogens with zero attached hydrogens (tertiary/aromatic N) is 3. The van der Waals surface area contributed by atoms with E-state index < -0.39 is 0 Å². The van der Waals surface area contributed by atoms with Gasteiger partial charge in [0, 0.05) is 11.4 Å². The minimum Gasteiger partial charge on any atom is -0.394 e. The average molecular weight is 292 g/mol. The number of aromatic nitrogens is 2. The zero-order valence-electron chi connectivity index (χ0n) is 11.7. The van der Waals surface area contributed by atoms with Crippen LogP contribution in [0.1, 0.15) is 30.6 Å². The molecule has 0 aromatic carbocycles. The number of thiophene rings is 1. The Labute approximate surface area is 122 Å². The van der Waals surface area contributed by atoms with Crippen LogP contribution in [0.15, 0.2) is 6.07 Å². The number of aliphatic hydroxyl groups is 1. The Kier molecular flexibility index (Phi) is 3.76. The number of fused-ring (bicyclic) bond motifs is 1. The predicted octanol–water partition coefficient (Wildman–Crippen LogP) is 2.32. The summed E-state index contributed by atoms with van der Waals surface area (Å²) in [6.07, 6.45) is 4.50. The topological polar surface area (TPSA) is 75.3 Å². The Bertz CT molecular complexity index is 612. The first-order valence-electron chi connectivity index (χ1n) is 7.10. The molecule has 3 rings (SSSR count). The Balaban J connectivity index is 2.10. The zero-order chi connectivity index (χ0) is 14.1. The molecule has 2 aromatic rings. The minimum atomic E-state index is 0.134. The largest absolute Gasteiger partial charge is 0.394 e. The van der Waals surface area contributed by atoms with Crippen LogP contribution in [0.3, 0.4) is 0 Å². The number of hydrogen-bond acceptors (Lipinski definition) is 6. The van der Waals surface area contributed by atoms with Crippen molar-refractivity contribution in [2.45, 2.75) is 38.6 Å². The van der Waals surface area contributed by atoms with Gasteiger partial charge in [-0.15, -0.1) is 11.3 Å². The quantitative estimate of drug-likeness (QED) is 0.888. The van der Waals surface area contributed by atoms with Gasteiger partial charge in [-0.25, -0.2) is 4.98 Å². The highest BCUT2D eigenvalue weighted by Crippen LogP contribution is 2.33. The SMILES string of the molecule is Cc1cc2c(N3CCCCCC3CO)nc(N)nc2s1. The third kappa shape index (κ3) is 2.45. The van der Waals surface area contributed by atoms with Gasteiger partial charge in [0.1, 0.15) is 10.6 Å². The summed E-state index contributed by atoms with van der Waals surface area (Å²) in [6.45, 7) is 3.15. The van der Waals surface area contributed by atoms with Crippen LogP contribution in [-0.2, 0) is 0 Å². The lowest BCUT2D eigenvalue weighted by Gasteiger charge is -2.30. The number of anilines is 2. The predicted molar refractivity (Wildman–Crippen MR) is 83.3 cm³/mol. The van der Waals surface area contributed by atoms with E-state index >= 15 is 0 Å². The van der Waals surface area contributed by atoms with Gasteiger partial charge >= 0.3 is 0 Å². The van der Waals surface area contributed by atoms with E-state index in [1.807, 2.05) is 0 Å². The molecule has 1 unspecified atom stereocenters. The molecule has 1 aliphatic heterocycles. The molecule has 1 atom stereocenters. The van der Waals surface area contributed by atoms with E-state index in [2.05, 4.69) is 27.9 Å². The smallest absolute Gasteiger partial charge is 0.223 e. The van der Waals surface area contributed by atoms with Crippen LogP contribution in [0.4, 0.5) is 11.8 Å².